The van der Waals surface area contributed by atoms with Crippen LogP contribution in [0.5, 0.6) is 23.0 Å². The number of likely N-dealkylation sites (N-methyl/N-ethyl adjacent to an activating group) is 4. The summed E-state index contributed by atoms with van der Waals surface area (Å²) in [6.07, 6.45) is 6.99. The summed E-state index contributed by atoms with van der Waals surface area (Å²) < 4.78 is 77.4. The maximum atomic E-state index is 13.3. The predicted octanol–water partition coefficient (Wildman–Crippen LogP) is 9.46. The van der Waals surface area contributed by atoms with Crippen LogP contribution in [0.2, 0.25) is 0 Å². The zero-order valence-corrected chi connectivity index (χ0v) is 43.7. The van der Waals surface area contributed by atoms with Gasteiger partial charge in [0, 0.05) is 131 Å². The number of nitrogen functional groups attached to an aromatic ring is 1. The number of aromatic nitrogens is 6. The fourth-order valence-corrected chi connectivity index (χ4v) is 8.22. The van der Waals surface area contributed by atoms with Crippen LogP contribution in [0.4, 0.5) is 63.6 Å². The number of nitrogens with two attached hydrogens (primary N) is 1. The van der Waals surface area contributed by atoms with Crippen molar-refractivity contribution in [3.63, 3.8) is 0 Å². The number of nitrogens with zero attached hydrogens (tertiary/aromatic N) is 11. The molecule has 0 atom stereocenters. The van der Waals surface area contributed by atoms with Crippen molar-refractivity contribution >= 4 is 67.8 Å². The van der Waals surface area contributed by atoms with E-state index in [4.69, 9.17) is 24.7 Å². The van der Waals surface area contributed by atoms with E-state index in [1.54, 1.807) is 50.6 Å². The number of nitro benzene ring substituents is 1. The third-order valence-corrected chi connectivity index (χ3v) is 12.2. The first kappa shape index (κ1) is 55.1. The number of rotatable bonds is 21. The highest BCUT2D eigenvalue weighted by Crippen LogP contribution is 2.41. The van der Waals surface area contributed by atoms with Crippen molar-refractivity contribution < 1.29 is 41.4 Å². The van der Waals surface area contributed by atoms with Gasteiger partial charge in [0.15, 0.2) is 11.5 Å². The number of aryl methyl sites for hydroxylation is 2. The fraction of sp³-hybridized carbons (Fsp3) is 0.308. The van der Waals surface area contributed by atoms with Crippen molar-refractivity contribution in [3.8, 4) is 45.5 Å². The summed E-state index contributed by atoms with van der Waals surface area (Å²) in [5, 5.41) is 19.7. The molecule has 0 saturated heterocycles. The molecule has 0 amide bonds. The van der Waals surface area contributed by atoms with Crippen LogP contribution in [0.3, 0.4) is 0 Å². The molecule has 4 heterocycles. The third kappa shape index (κ3) is 13.2. The first-order valence-electron chi connectivity index (χ1n) is 23.6. The summed E-state index contributed by atoms with van der Waals surface area (Å²) in [4.78, 5) is 36.5. The topological polar surface area (TPSA) is 205 Å². The van der Waals surface area contributed by atoms with E-state index in [1.165, 1.54) is 18.3 Å². The van der Waals surface area contributed by atoms with E-state index in [0.717, 1.165) is 51.3 Å². The monoisotopic (exact) mass is 1050 g/mol. The van der Waals surface area contributed by atoms with Crippen LogP contribution >= 0.6 is 0 Å². The summed E-state index contributed by atoms with van der Waals surface area (Å²) in [5.74, 6) is 1.42. The van der Waals surface area contributed by atoms with E-state index in [9.17, 15) is 27.7 Å². The molecule has 0 spiro atoms. The molecule has 0 fully saturated rings. The minimum Gasteiger partial charge on any atom is -0.497 e. The number of benzene rings is 4. The third-order valence-electron chi connectivity index (χ3n) is 12.2. The molecule has 8 rings (SSSR count). The summed E-state index contributed by atoms with van der Waals surface area (Å²) in [6, 6.07) is 20.4. The number of ether oxygens (including phenoxy) is 4. The van der Waals surface area contributed by atoms with Crippen molar-refractivity contribution in [1.82, 2.24) is 38.9 Å². The van der Waals surface area contributed by atoms with E-state index in [-0.39, 0.29) is 46.1 Å². The van der Waals surface area contributed by atoms with Gasteiger partial charge in [0.05, 0.1) is 64.3 Å². The Hall–Kier alpha value is -8.64. The standard InChI is InChI=1S/C26H29F2N7O4.C26H31F2N7O2/c1-32(2)10-11-33(3)22-14-24(39-25(27)28)20(13-23(22)35(36)37)31-26-29-9-8-19(30-26)18-15-34(4)21-12-16(38-5)6-7-17(18)21;1-33(2)10-11-34(3)23-14-24(37-25(27)28)21(13-19(23)29)32-26-30-9-8-20(31-26)18-15-35(4)22-12-16(36-5)6-7-17(18)22/h6-9,12-15,25H,10-11H2,1-5H3,(H,29,30,31);6-9,12-15,25H,10-11,29H2,1-5H3,(H,30,31,32). The lowest BCUT2D eigenvalue weighted by atomic mass is 10.1. The van der Waals surface area contributed by atoms with Gasteiger partial charge in [-0.05, 0) is 70.7 Å². The van der Waals surface area contributed by atoms with Gasteiger partial charge < -0.3 is 64.0 Å². The zero-order chi connectivity index (χ0) is 55.0. The number of hydrogen-bond acceptors (Lipinski definition) is 17. The van der Waals surface area contributed by atoms with Crippen LogP contribution < -0.4 is 45.1 Å². The maximum Gasteiger partial charge on any atom is 0.387 e. The molecular weight excluding hydrogens is 993 g/mol. The average Bonchev–Trinajstić information content (AvgIpc) is 3.90. The predicted molar refractivity (Wildman–Crippen MR) is 288 cm³/mol. The van der Waals surface area contributed by atoms with Gasteiger partial charge in [0.1, 0.15) is 17.2 Å². The second-order valence-corrected chi connectivity index (χ2v) is 18.1. The molecule has 0 unspecified atom stereocenters. The number of nitrogens with one attached hydrogen (secondary N) is 2. The number of halogens is 4. The Morgan fingerprint density at radius 1 is 0.632 bits per heavy atom. The van der Waals surface area contributed by atoms with Crippen LogP contribution in [0, 0.1) is 10.1 Å². The van der Waals surface area contributed by atoms with E-state index in [2.05, 4.69) is 30.6 Å². The number of methoxy groups -OCH3 is 2. The largest absolute Gasteiger partial charge is 0.497 e. The lowest BCUT2D eigenvalue weighted by molar-refractivity contribution is -0.384. The zero-order valence-electron chi connectivity index (χ0n) is 43.7. The molecule has 24 heteroatoms. The van der Waals surface area contributed by atoms with E-state index in [1.807, 2.05) is 122 Å². The second kappa shape index (κ2) is 24.1. The van der Waals surface area contributed by atoms with Crippen molar-refractivity contribution in [1.29, 1.82) is 0 Å². The molecule has 402 valence electrons. The first-order valence-corrected chi connectivity index (χ1v) is 23.6. The van der Waals surface area contributed by atoms with E-state index >= 15 is 0 Å². The minimum absolute atomic E-state index is 0.0536. The van der Waals surface area contributed by atoms with Gasteiger partial charge in [-0.3, -0.25) is 10.1 Å². The van der Waals surface area contributed by atoms with Gasteiger partial charge in [0.25, 0.3) is 5.69 Å². The van der Waals surface area contributed by atoms with Gasteiger partial charge in [-0.1, -0.05) is 0 Å². The van der Waals surface area contributed by atoms with Gasteiger partial charge in [-0.2, -0.15) is 17.6 Å². The SMILES string of the molecule is COc1ccc2c(-c3ccnc(Nc4cc(N)c(N(C)CCN(C)C)cc4OC(F)F)n3)cn(C)c2c1.COc1ccc2c(-c3ccnc(Nc4cc([N+](=O)[O-])c(N(C)CCN(C)C)cc4OC(F)F)n3)cn(C)c2c1. The van der Waals surface area contributed by atoms with Crippen molar-refractivity contribution in [2.45, 2.75) is 13.2 Å². The van der Waals surface area contributed by atoms with E-state index in [0.29, 0.717) is 48.1 Å². The molecule has 4 N–H and O–H groups in total. The Bertz CT molecular complexity index is 3320. The Balaban J connectivity index is 0.000000221. The second-order valence-electron chi connectivity index (χ2n) is 18.1. The molecule has 0 saturated carbocycles. The normalized spacial score (nSPS) is 11.3. The lowest BCUT2D eigenvalue weighted by Gasteiger charge is -2.24. The lowest BCUT2D eigenvalue weighted by Crippen LogP contribution is -2.29. The summed E-state index contributed by atoms with van der Waals surface area (Å²) in [5.41, 5.74) is 12.2. The first-order chi connectivity index (χ1) is 36.2. The minimum atomic E-state index is -3.15. The maximum absolute atomic E-state index is 13.3. The van der Waals surface area contributed by atoms with Crippen LogP contribution in [-0.4, -0.2) is 140 Å². The average molecular weight is 1050 g/mol. The summed E-state index contributed by atoms with van der Waals surface area (Å²) >= 11 is 0. The van der Waals surface area contributed by atoms with Crippen molar-refractivity contribution in [2.75, 3.05) is 109 Å². The van der Waals surface area contributed by atoms with Gasteiger partial charge in [-0.25, -0.2) is 19.9 Å². The Morgan fingerprint density at radius 2 is 1.07 bits per heavy atom. The smallest absolute Gasteiger partial charge is 0.387 e. The Kier molecular flexibility index (Phi) is 17.5. The van der Waals surface area contributed by atoms with Gasteiger partial charge in [-0.15, -0.1) is 0 Å². The van der Waals surface area contributed by atoms with Crippen molar-refractivity contribution in [3.05, 3.63) is 108 Å². The molecule has 0 aliphatic heterocycles. The van der Waals surface area contributed by atoms with Crippen LogP contribution in [0.1, 0.15) is 0 Å². The fourth-order valence-electron chi connectivity index (χ4n) is 8.22. The Labute approximate surface area is 436 Å². The van der Waals surface area contributed by atoms with Crippen LogP contribution in [0.15, 0.2) is 97.6 Å². The summed E-state index contributed by atoms with van der Waals surface area (Å²) in [6.45, 7) is -3.71. The highest BCUT2D eigenvalue weighted by molar-refractivity contribution is 5.97. The quantitative estimate of drug-likeness (QED) is 0.0265. The molecule has 4 aromatic carbocycles. The number of hydrogen-bond donors (Lipinski definition) is 3. The number of alkyl halides is 4. The molecule has 8 aromatic rings. The van der Waals surface area contributed by atoms with Gasteiger partial charge >= 0.3 is 13.2 Å². The number of nitro groups is 1. The molecule has 0 radical (unpaired) electrons. The summed E-state index contributed by atoms with van der Waals surface area (Å²) in [7, 11) is 18.2. The Morgan fingerprint density at radius 3 is 1.49 bits per heavy atom. The molecule has 20 nitrogen and oxygen atoms in total. The molecule has 76 heavy (non-hydrogen) atoms. The molecule has 0 bridgehead atoms. The number of fused-ring (bicyclic) bond motifs is 2. The molecular formula is C52H60F4N14O6. The number of anilines is 7. The van der Waals surface area contributed by atoms with Crippen molar-refractivity contribution in [2.24, 2.45) is 14.1 Å². The molecule has 0 aliphatic carbocycles. The molecule has 4 aromatic heterocycles. The molecule has 0 aliphatic rings. The highest BCUT2D eigenvalue weighted by Gasteiger charge is 2.25. The van der Waals surface area contributed by atoms with E-state index < -0.39 is 18.1 Å². The highest BCUT2D eigenvalue weighted by atomic mass is 19.3. The van der Waals surface area contributed by atoms with Gasteiger partial charge in [0.2, 0.25) is 11.9 Å². The van der Waals surface area contributed by atoms with Crippen LogP contribution in [0.25, 0.3) is 44.3 Å². The van der Waals surface area contributed by atoms with Crippen LogP contribution in [-0.2, 0) is 14.1 Å².